The van der Waals surface area contributed by atoms with Crippen molar-refractivity contribution in [2.75, 3.05) is 0 Å². The lowest BCUT2D eigenvalue weighted by Gasteiger charge is -2.34. The van der Waals surface area contributed by atoms with E-state index in [0.717, 1.165) is 16.6 Å². The zero-order valence-electron chi connectivity index (χ0n) is 49.0. The molecule has 0 atom stereocenters. The molecule has 2 aliphatic rings. The highest BCUT2D eigenvalue weighted by molar-refractivity contribution is 7.00. The molecule has 0 aliphatic heterocycles. The van der Waals surface area contributed by atoms with Crippen molar-refractivity contribution in [3.05, 3.63) is 168 Å². The van der Waals surface area contributed by atoms with Crippen LogP contribution < -0.4 is 0 Å². The van der Waals surface area contributed by atoms with Crippen LogP contribution in [0.5, 0.6) is 0 Å². The maximum absolute atomic E-state index is 5.03. The third-order valence-electron chi connectivity index (χ3n) is 18.8. The fourth-order valence-corrected chi connectivity index (χ4v) is 15.0. The normalized spacial score (nSPS) is 13.7. The molecule has 8 aromatic rings. The van der Waals surface area contributed by atoms with Gasteiger partial charge in [0.15, 0.2) is 0 Å². The zero-order chi connectivity index (χ0) is 54.3. The van der Waals surface area contributed by atoms with E-state index in [1.165, 1.54) is 253 Å². The Bertz CT molecular complexity index is 3160. The van der Waals surface area contributed by atoms with Gasteiger partial charge in [-0.2, -0.15) is 8.75 Å². The van der Waals surface area contributed by atoms with Gasteiger partial charge in [-0.1, -0.05) is 303 Å². The first-order valence-corrected chi connectivity index (χ1v) is 32.7. The second-order valence-corrected chi connectivity index (χ2v) is 24.7. The molecule has 7 aromatic carbocycles. The second kappa shape index (κ2) is 27.7. The molecule has 0 bridgehead atoms. The molecule has 0 unspecified atom stereocenters. The predicted octanol–water partition coefficient (Wildman–Crippen LogP) is 23.9. The zero-order valence-corrected chi connectivity index (χ0v) is 49.8. The van der Waals surface area contributed by atoms with Gasteiger partial charge in [-0.25, -0.2) is 0 Å². The maximum atomic E-state index is 5.03. The predicted molar refractivity (Wildman–Crippen MR) is 344 cm³/mol. The Morgan fingerprint density at radius 3 is 0.911 bits per heavy atom. The third kappa shape index (κ3) is 12.5. The summed E-state index contributed by atoms with van der Waals surface area (Å²) in [5.41, 5.74) is 24.3. The summed E-state index contributed by atoms with van der Waals surface area (Å²) in [6.07, 6.45) is 36.3. The van der Waals surface area contributed by atoms with Crippen molar-refractivity contribution in [2.24, 2.45) is 0 Å². The molecule has 2 aliphatic carbocycles. The van der Waals surface area contributed by atoms with Gasteiger partial charge < -0.3 is 0 Å². The first kappa shape index (κ1) is 56.6. The summed E-state index contributed by atoms with van der Waals surface area (Å²) >= 11 is 1.34. The Kier molecular flexibility index (Phi) is 19.8. The molecule has 79 heavy (non-hydrogen) atoms. The van der Waals surface area contributed by atoms with E-state index in [1.54, 1.807) is 22.3 Å². The molecule has 1 heterocycles. The van der Waals surface area contributed by atoms with Gasteiger partial charge in [0, 0.05) is 22.0 Å². The molecule has 0 amide bonds. The van der Waals surface area contributed by atoms with Gasteiger partial charge in [0.2, 0.25) is 0 Å². The van der Waals surface area contributed by atoms with Crippen molar-refractivity contribution in [3.8, 4) is 66.8 Å². The summed E-state index contributed by atoms with van der Waals surface area (Å²) in [6, 6.07) is 57.0. The van der Waals surface area contributed by atoms with Crippen LogP contribution in [0.3, 0.4) is 0 Å². The fourth-order valence-electron chi connectivity index (χ4n) is 14.4. The number of nitrogens with zero attached hydrogens (tertiary/aromatic N) is 2. The van der Waals surface area contributed by atoms with Crippen molar-refractivity contribution in [1.82, 2.24) is 8.75 Å². The molecule has 2 nitrogen and oxygen atoms in total. The largest absolute Gasteiger partial charge is 0.172 e. The Labute approximate surface area is 481 Å². The fraction of sp³-hybridized carbons (Fsp3) is 0.447. The number of rotatable bonds is 32. The van der Waals surface area contributed by atoms with Crippen LogP contribution in [0.15, 0.2) is 146 Å². The number of hydrogen-bond donors (Lipinski definition) is 0. The monoisotopic (exact) mass is 1060 g/mol. The quantitative estimate of drug-likeness (QED) is 0.0393. The minimum absolute atomic E-state index is 0.0127. The van der Waals surface area contributed by atoms with E-state index in [4.69, 9.17) is 8.75 Å². The van der Waals surface area contributed by atoms with Crippen molar-refractivity contribution in [3.63, 3.8) is 0 Å². The molecule has 0 saturated carbocycles. The van der Waals surface area contributed by atoms with Gasteiger partial charge in [0.05, 0.1) is 11.7 Å². The number of fused-ring (bicyclic) bond motifs is 7. The summed E-state index contributed by atoms with van der Waals surface area (Å²) < 4.78 is 9.97. The van der Waals surface area contributed by atoms with Crippen molar-refractivity contribution in [1.29, 1.82) is 0 Å². The molecule has 0 N–H and O–H groups in total. The Morgan fingerprint density at radius 1 is 0.266 bits per heavy atom. The highest BCUT2D eigenvalue weighted by Gasteiger charge is 2.45. The average Bonchev–Trinajstić information content (AvgIpc) is 3.73. The van der Waals surface area contributed by atoms with Crippen molar-refractivity contribution < 1.29 is 0 Å². The Hall–Kier alpha value is -5.64. The van der Waals surface area contributed by atoms with E-state index in [2.05, 4.69) is 173 Å². The van der Waals surface area contributed by atoms with Gasteiger partial charge in [0.25, 0.3) is 0 Å². The lowest BCUT2D eigenvalue weighted by Crippen LogP contribution is -2.26. The summed E-state index contributed by atoms with van der Waals surface area (Å²) in [7, 11) is 0. The van der Waals surface area contributed by atoms with Gasteiger partial charge in [-0.05, 0) is 128 Å². The molecular weight excluding hydrogens is 973 g/mol. The molecule has 0 radical (unpaired) electrons. The number of benzene rings is 7. The van der Waals surface area contributed by atoms with Crippen LogP contribution in [0.1, 0.15) is 230 Å². The maximum Gasteiger partial charge on any atom is 0.113 e. The molecule has 412 valence electrons. The molecule has 3 heteroatoms. The summed E-state index contributed by atoms with van der Waals surface area (Å²) in [4.78, 5) is 0. The Morgan fingerprint density at radius 2 is 0.544 bits per heavy atom. The van der Waals surface area contributed by atoms with Crippen molar-refractivity contribution >= 4 is 22.8 Å². The van der Waals surface area contributed by atoms with Crippen molar-refractivity contribution in [2.45, 2.75) is 218 Å². The second-order valence-electron chi connectivity index (χ2n) is 24.1. The van der Waals surface area contributed by atoms with Gasteiger partial charge in [-0.3, -0.25) is 0 Å². The molecule has 10 rings (SSSR count). The number of aromatic nitrogens is 2. The molecule has 1 aromatic heterocycles. The van der Waals surface area contributed by atoms with Crippen LogP contribution in [0.4, 0.5) is 0 Å². The minimum Gasteiger partial charge on any atom is -0.172 e. The van der Waals surface area contributed by atoms with E-state index in [0.29, 0.717) is 0 Å². The van der Waals surface area contributed by atoms with E-state index in [-0.39, 0.29) is 10.8 Å². The van der Waals surface area contributed by atoms with E-state index >= 15 is 0 Å². The number of unbranched alkanes of at least 4 members (excludes halogenated alkanes) is 20. The number of hydrogen-bond acceptors (Lipinski definition) is 3. The minimum atomic E-state index is -0.0737. The average molecular weight is 1070 g/mol. The van der Waals surface area contributed by atoms with Gasteiger partial charge in [0.1, 0.15) is 11.0 Å². The van der Waals surface area contributed by atoms with Crippen LogP contribution in [0, 0.1) is 0 Å². The first-order chi connectivity index (χ1) is 39.0. The van der Waals surface area contributed by atoms with Gasteiger partial charge >= 0.3 is 0 Å². The standard InChI is InChI=1S/C76H92N2S/c1-5-9-13-17-21-31-49-75(50-32-22-18-14-10-6-2)69-53-59(57-35-27-25-28-36-57)39-43-65(69)66-44-40-60(54-70(66)75)61-41-45-67-68-46-42-62(64-48-47-63(58-37-29-26-30-38-58)73-74(64)78-79-77-73)56-72(68)76(71(67)55-61,51-33-23-19-15-11-7-3)52-34-24-20-16-12-8-4/h25-30,35-48,53-56H,5-24,31-34,49-52H2,1-4H3. The van der Waals surface area contributed by atoms with Crippen LogP contribution in [0.2, 0.25) is 0 Å². The third-order valence-corrected chi connectivity index (χ3v) is 19.3. The van der Waals surface area contributed by atoms with Crippen LogP contribution >= 0.6 is 11.7 Å². The highest BCUT2D eigenvalue weighted by atomic mass is 32.1. The summed E-state index contributed by atoms with van der Waals surface area (Å²) in [5, 5.41) is 0. The lowest BCUT2D eigenvalue weighted by atomic mass is 9.69. The van der Waals surface area contributed by atoms with Gasteiger partial charge in [-0.15, -0.1) is 0 Å². The summed E-state index contributed by atoms with van der Waals surface area (Å²) in [6.45, 7) is 9.37. The lowest BCUT2D eigenvalue weighted by molar-refractivity contribution is 0.397. The molecule has 0 fully saturated rings. The Balaban J connectivity index is 1.08. The molecule has 0 spiro atoms. The first-order valence-electron chi connectivity index (χ1n) is 32.0. The van der Waals surface area contributed by atoms with E-state index in [9.17, 15) is 0 Å². The highest BCUT2D eigenvalue weighted by Crippen LogP contribution is 2.58. The topological polar surface area (TPSA) is 25.8 Å². The summed E-state index contributed by atoms with van der Waals surface area (Å²) in [5.74, 6) is 0. The van der Waals surface area contributed by atoms with E-state index in [1.807, 2.05) is 0 Å². The SMILES string of the molecule is CCCCCCCCC1(CCCCCCCC)c2cc(-c3ccccc3)ccc2-c2ccc(-c3ccc4c(c3)C(CCCCCCCC)(CCCCCCCC)c3cc(-c5ccc(-c6ccccc6)c6nsnc56)ccc3-4)cc21. The smallest absolute Gasteiger partial charge is 0.113 e. The van der Waals surface area contributed by atoms with E-state index < -0.39 is 0 Å². The van der Waals surface area contributed by atoms with Crippen LogP contribution in [-0.4, -0.2) is 8.75 Å². The van der Waals surface area contributed by atoms with Crippen LogP contribution in [-0.2, 0) is 10.8 Å². The molecule has 0 saturated heterocycles. The van der Waals surface area contributed by atoms with Crippen LogP contribution in [0.25, 0.3) is 77.8 Å². The molecular formula is C76H92N2S.